The first-order chi connectivity index (χ1) is 14.7. The standard InChI is InChI=1S/C22H20ClF3N2O3/c23-17-9-13(3-7-19(17)31-11-22(24,25)26)16(10-14-4-8-20(29)27-14)18-6-5-15(12-1-2-12)21(30)28-18/h3,5-7,9-10,12,14H,1-2,4,8,11H2,(H,27,29)(H,28,30)/t14-/m1/s1. The van der Waals surface area contributed by atoms with Crippen molar-refractivity contribution in [3.05, 3.63) is 68.6 Å². The quantitative estimate of drug-likeness (QED) is 0.675. The molecule has 1 aliphatic heterocycles. The lowest BCUT2D eigenvalue weighted by Crippen LogP contribution is -2.23. The summed E-state index contributed by atoms with van der Waals surface area (Å²) in [6.45, 7) is -1.45. The van der Waals surface area contributed by atoms with Crippen molar-refractivity contribution >= 4 is 23.1 Å². The summed E-state index contributed by atoms with van der Waals surface area (Å²) >= 11 is 6.17. The van der Waals surface area contributed by atoms with Gasteiger partial charge in [-0.3, -0.25) is 9.59 Å². The fourth-order valence-corrected chi connectivity index (χ4v) is 3.84. The van der Waals surface area contributed by atoms with Gasteiger partial charge in [-0.2, -0.15) is 13.2 Å². The minimum Gasteiger partial charge on any atom is -0.483 e. The van der Waals surface area contributed by atoms with Crippen LogP contribution in [0.15, 0.2) is 41.2 Å². The molecule has 2 N–H and O–H groups in total. The van der Waals surface area contributed by atoms with E-state index in [4.69, 9.17) is 16.3 Å². The molecule has 9 heteroatoms. The Morgan fingerprint density at radius 2 is 1.94 bits per heavy atom. The predicted octanol–water partition coefficient (Wildman–Crippen LogP) is 4.56. The van der Waals surface area contributed by atoms with Gasteiger partial charge in [-0.1, -0.05) is 29.8 Å². The zero-order valence-electron chi connectivity index (χ0n) is 16.4. The molecular weight excluding hydrogens is 433 g/mol. The molecule has 2 heterocycles. The molecular formula is C22H20ClF3N2O3. The third-order valence-corrected chi connectivity index (χ3v) is 5.57. The molecule has 0 radical (unpaired) electrons. The number of pyridine rings is 1. The first-order valence-corrected chi connectivity index (χ1v) is 10.3. The lowest BCUT2D eigenvalue weighted by Gasteiger charge is -2.15. The zero-order chi connectivity index (χ0) is 22.2. The highest BCUT2D eigenvalue weighted by molar-refractivity contribution is 6.32. The molecule has 1 aromatic carbocycles. The maximum Gasteiger partial charge on any atom is 0.422 e. The monoisotopic (exact) mass is 452 g/mol. The van der Waals surface area contributed by atoms with Gasteiger partial charge in [0.1, 0.15) is 5.75 Å². The summed E-state index contributed by atoms with van der Waals surface area (Å²) in [4.78, 5) is 27.1. The number of carbonyl (C=O) groups is 1. The molecule has 164 valence electrons. The van der Waals surface area contributed by atoms with Crippen LogP contribution in [-0.2, 0) is 4.79 Å². The van der Waals surface area contributed by atoms with Gasteiger partial charge < -0.3 is 15.0 Å². The first-order valence-electron chi connectivity index (χ1n) is 9.94. The number of ether oxygens (including phenoxy) is 1. The Hall–Kier alpha value is -2.74. The molecule has 0 spiro atoms. The molecule has 2 fully saturated rings. The van der Waals surface area contributed by atoms with Crippen LogP contribution in [0.2, 0.25) is 5.02 Å². The highest BCUT2D eigenvalue weighted by Gasteiger charge is 2.29. The van der Waals surface area contributed by atoms with Crippen LogP contribution in [-0.4, -0.2) is 29.7 Å². The Bertz CT molecular complexity index is 1090. The summed E-state index contributed by atoms with van der Waals surface area (Å²) in [5, 5.41) is 2.86. The summed E-state index contributed by atoms with van der Waals surface area (Å²) in [6.07, 6.45) is 0.345. The van der Waals surface area contributed by atoms with Crippen LogP contribution in [0.3, 0.4) is 0 Å². The van der Waals surface area contributed by atoms with E-state index < -0.39 is 12.8 Å². The molecule has 0 unspecified atom stereocenters. The number of hydrogen-bond donors (Lipinski definition) is 2. The van der Waals surface area contributed by atoms with Crippen LogP contribution in [0.1, 0.15) is 48.4 Å². The van der Waals surface area contributed by atoms with Crippen LogP contribution in [0, 0.1) is 0 Å². The summed E-state index contributed by atoms with van der Waals surface area (Å²) in [6, 6.07) is 7.81. The number of nitrogens with one attached hydrogen (secondary N) is 2. The second-order valence-corrected chi connectivity index (χ2v) is 8.18. The van der Waals surface area contributed by atoms with Gasteiger partial charge in [0.25, 0.3) is 5.56 Å². The van der Waals surface area contributed by atoms with Crippen LogP contribution in [0.25, 0.3) is 5.57 Å². The van der Waals surface area contributed by atoms with Gasteiger partial charge in [-0.15, -0.1) is 0 Å². The van der Waals surface area contributed by atoms with Crippen LogP contribution < -0.4 is 15.6 Å². The second-order valence-electron chi connectivity index (χ2n) is 7.77. The third kappa shape index (κ3) is 5.31. The molecule has 31 heavy (non-hydrogen) atoms. The number of aromatic nitrogens is 1. The SMILES string of the molecule is O=C1CC[C@H](C=C(c2ccc(OCC(F)(F)F)c(Cl)c2)c2ccc(C3CC3)c(=O)[nH]2)N1. The van der Waals surface area contributed by atoms with Crippen molar-refractivity contribution in [2.24, 2.45) is 0 Å². The van der Waals surface area contributed by atoms with Crippen molar-refractivity contribution in [1.82, 2.24) is 10.3 Å². The Labute approximate surface area is 181 Å². The van der Waals surface area contributed by atoms with Gasteiger partial charge in [0.2, 0.25) is 5.91 Å². The summed E-state index contributed by atoms with van der Waals surface area (Å²) < 4.78 is 42.1. The number of rotatable bonds is 6. The molecule has 0 bridgehead atoms. The number of benzene rings is 1. The van der Waals surface area contributed by atoms with Crippen molar-refractivity contribution in [3.63, 3.8) is 0 Å². The molecule has 5 nitrogen and oxygen atoms in total. The van der Waals surface area contributed by atoms with Crippen LogP contribution in [0.5, 0.6) is 5.75 Å². The maximum atomic E-state index is 12.5. The summed E-state index contributed by atoms with van der Waals surface area (Å²) in [7, 11) is 0. The number of hydrogen-bond acceptors (Lipinski definition) is 3. The topological polar surface area (TPSA) is 71.2 Å². The van der Waals surface area contributed by atoms with E-state index in [1.54, 1.807) is 18.2 Å². The molecule has 4 rings (SSSR count). The third-order valence-electron chi connectivity index (χ3n) is 5.28. The van der Waals surface area contributed by atoms with Crippen LogP contribution >= 0.6 is 11.6 Å². The van der Waals surface area contributed by atoms with Gasteiger partial charge in [0.05, 0.1) is 5.02 Å². The molecule has 1 atom stereocenters. The van der Waals surface area contributed by atoms with E-state index in [0.717, 1.165) is 18.4 Å². The molecule has 1 aromatic heterocycles. The number of carbonyl (C=O) groups excluding carboxylic acids is 1. The van der Waals surface area contributed by atoms with Crippen molar-refractivity contribution in [2.45, 2.75) is 43.8 Å². The zero-order valence-corrected chi connectivity index (χ0v) is 17.1. The largest absolute Gasteiger partial charge is 0.483 e. The van der Waals surface area contributed by atoms with E-state index in [2.05, 4.69) is 10.3 Å². The molecule has 2 aromatic rings. The smallest absolute Gasteiger partial charge is 0.422 e. The lowest BCUT2D eigenvalue weighted by molar-refractivity contribution is -0.153. The summed E-state index contributed by atoms with van der Waals surface area (Å²) in [5.41, 5.74) is 2.32. The lowest BCUT2D eigenvalue weighted by atomic mass is 9.98. The Kier molecular flexibility index (Phi) is 5.83. The van der Waals surface area contributed by atoms with Crippen LogP contribution in [0.4, 0.5) is 13.2 Å². The molecule has 1 amide bonds. The number of aromatic amines is 1. The number of halogens is 4. The van der Waals surface area contributed by atoms with E-state index in [1.165, 1.54) is 12.1 Å². The molecule has 1 saturated heterocycles. The van der Waals surface area contributed by atoms with E-state index in [9.17, 15) is 22.8 Å². The second kappa shape index (κ2) is 8.42. The van der Waals surface area contributed by atoms with Crippen molar-refractivity contribution in [3.8, 4) is 5.75 Å². The van der Waals surface area contributed by atoms with Crippen molar-refractivity contribution < 1.29 is 22.7 Å². The van der Waals surface area contributed by atoms with E-state index in [-0.39, 0.29) is 28.3 Å². The molecule has 1 aliphatic carbocycles. The normalized spacial score (nSPS) is 19.4. The van der Waals surface area contributed by atoms with E-state index in [1.807, 2.05) is 6.08 Å². The number of amides is 1. The van der Waals surface area contributed by atoms with Gasteiger partial charge >= 0.3 is 6.18 Å². The van der Waals surface area contributed by atoms with Gasteiger partial charge in [-0.25, -0.2) is 0 Å². The highest BCUT2D eigenvalue weighted by Crippen LogP contribution is 2.38. The number of alkyl halides is 3. The maximum absolute atomic E-state index is 12.5. The minimum absolute atomic E-state index is 0.0139. The van der Waals surface area contributed by atoms with E-state index in [0.29, 0.717) is 35.6 Å². The highest BCUT2D eigenvalue weighted by atomic mass is 35.5. The Morgan fingerprint density at radius 3 is 2.52 bits per heavy atom. The van der Waals surface area contributed by atoms with Crippen molar-refractivity contribution in [2.75, 3.05) is 6.61 Å². The predicted molar refractivity (Wildman–Crippen MR) is 110 cm³/mol. The summed E-state index contributed by atoms with van der Waals surface area (Å²) in [5.74, 6) is 0.139. The average molecular weight is 453 g/mol. The fourth-order valence-electron chi connectivity index (χ4n) is 3.61. The Morgan fingerprint density at radius 1 is 1.16 bits per heavy atom. The Balaban J connectivity index is 1.68. The van der Waals surface area contributed by atoms with Gasteiger partial charge in [-0.05, 0) is 48.9 Å². The fraction of sp³-hybridized carbons (Fsp3) is 0.364. The van der Waals surface area contributed by atoms with E-state index >= 15 is 0 Å². The van der Waals surface area contributed by atoms with Gasteiger partial charge in [0.15, 0.2) is 6.61 Å². The number of H-pyrrole nitrogens is 1. The van der Waals surface area contributed by atoms with Gasteiger partial charge in [0, 0.05) is 29.3 Å². The first kappa shape index (κ1) is 21.5. The molecule has 2 aliphatic rings. The minimum atomic E-state index is -4.48. The van der Waals surface area contributed by atoms with Crippen molar-refractivity contribution in [1.29, 1.82) is 0 Å². The average Bonchev–Trinajstić information content (AvgIpc) is 3.45. The molecule has 1 saturated carbocycles.